The van der Waals surface area contributed by atoms with Gasteiger partial charge in [-0.15, -0.1) is 11.3 Å². The van der Waals surface area contributed by atoms with E-state index in [0.29, 0.717) is 12.0 Å². The van der Waals surface area contributed by atoms with Crippen molar-refractivity contribution in [3.05, 3.63) is 22.4 Å². The average Bonchev–Trinajstić information content (AvgIpc) is 2.82. The second-order valence-electron chi connectivity index (χ2n) is 5.44. The molecular formula is C14H25NOS. The minimum Gasteiger partial charge on any atom is -0.396 e. The zero-order valence-corrected chi connectivity index (χ0v) is 12.2. The van der Waals surface area contributed by atoms with Gasteiger partial charge in [-0.25, -0.2) is 0 Å². The fraction of sp³-hybridized carbons (Fsp3) is 0.714. The third kappa shape index (κ3) is 4.09. The first-order chi connectivity index (χ1) is 8.02. The summed E-state index contributed by atoms with van der Waals surface area (Å²) in [7, 11) is 0. The van der Waals surface area contributed by atoms with Crippen LogP contribution in [0.3, 0.4) is 0 Å². The number of aliphatic hydroxyl groups is 1. The molecule has 0 saturated heterocycles. The summed E-state index contributed by atoms with van der Waals surface area (Å²) in [6.45, 7) is 9.84. The molecule has 1 aromatic rings. The Kier molecular flexibility index (Phi) is 5.63. The SMILES string of the molecule is CCC(C)(CO)CNC(c1cccs1)C(C)C. The van der Waals surface area contributed by atoms with Gasteiger partial charge in [-0.2, -0.15) is 0 Å². The van der Waals surface area contributed by atoms with Crippen LogP contribution in [0.4, 0.5) is 0 Å². The maximum Gasteiger partial charge on any atom is 0.0496 e. The molecular weight excluding hydrogens is 230 g/mol. The van der Waals surface area contributed by atoms with Gasteiger partial charge in [-0.3, -0.25) is 0 Å². The first kappa shape index (κ1) is 14.7. The van der Waals surface area contributed by atoms with E-state index >= 15 is 0 Å². The van der Waals surface area contributed by atoms with E-state index in [2.05, 4.69) is 50.5 Å². The fourth-order valence-electron chi connectivity index (χ4n) is 1.78. The Morgan fingerprint density at radius 2 is 2.18 bits per heavy atom. The molecule has 1 rings (SSSR count). The van der Waals surface area contributed by atoms with Crippen molar-refractivity contribution < 1.29 is 5.11 Å². The van der Waals surface area contributed by atoms with Gasteiger partial charge >= 0.3 is 0 Å². The number of hydrogen-bond acceptors (Lipinski definition) is 3. The van der Waals surface area contributed by atoms with Crippen molar-refractivity contribution >= 4 is 11.3 Å². The van der Waals surface area contributed by atoms with Crippen molar-refractivity contribution in [1.82, 2.24) is 5.32 Å². The summed E-state index contributed by atoms with van der Waals surface area (Å²) >= 11 is 1.80. The van der Waals surface area contributed by atoms with Crippen molar-refractivity contribution in [2.45, 2.75) is 40.2 Å². The predicted octanol–water partition coefficient (Wildman–Crippen LogP) is 3.44. The summed E-state index contributed by atoms with van der Waals surface area (Å²) in [4.78, 5) is 1.39. The molecule has 1 aromatic heterocycles. The lowest BCUT2D eigenvalue weighted by atomic mass is 9.88. The molecule has 0 radical (unpaired) electrons. The van der Waals surface area contributed by atoms with Gasteiger partial charge in [0.05, 0.1) is 0 Å². The van der Waals surface area contributed by atoms with Gasteiger partial charge in [0.25, 0.3) is 0 Å². The van der Waals surface area contributed by atoms with Gasteiger partial charge in [0.15, 0.2) is 0 Å². The molecule has 0 aromatic carbocycles. The van der Waals surface area contributed by atoms with E-state index in [4.69, 9.17) is 0 Å². The van der Waals surface area contributed by atoms with E-state index in [1.165, 1.54) is 4.88 Å². The molecule has 2 N–H and O–H groups in total. The summed E-state index contributed by atoms with van der Waals surface area (Å²) in [5.74, 6) is 0.563. The number of hydrogen-bond donors (Lipinski definition) is 2. The van der Waals surface area contributed by atoms with Crippen LogP contribution in [0.5, 0.6) is 0 Å². The molecule has 0 saturated carbocycles. The summed E-state index contributed by atoms with van der Waals surface area (Å²) < 4.78 is 0. The standard InChI is InChI=1S/C14H25NOS/c1-5-14(4,10-16)9-15-13(11(2)3)12-7-6-8-17-12/h6-8,11,13,15-16H,5,9-10H2,1-4H3. The second kappa shape index (κ2) is 6.53. The molecule has 0 aliphatic heterocycles. The third-order valence-corrected chi connectivity index (χ3v) is 4.46. The number of nitrogens with one attached hydrogen (secondary N) is 1. The van der Waals surface area contributed by atoms with Crippen molar-refractivity contribution in [2.24, 2.45) is 11.3 Å². The predicted molar refractivity (Wildman–Crippen MR) is 75.4 cm³/mol. The van der Waals surface area contributed by atoms with Crippen molar-refractivity contribution in [3.63, 3.8) is 0 Å². The first-order valence-corrected chi connectivity index (χ1v) is 7.28. The summed E-state index contributed by atoms with van der Waals surface area (Å²) in [6.07, 6.45) is 0.992. The van der Waals surface area contributed by atoms with Gasteiger partial charge in [-0.05, 0) is 23.8 Å². The van der Waals surface area contributed by atoms with Crippen molar-refractivity contribution in [1.29, 1.82) is 0 Å². The Hall–Kier alpha value is -0.380. The molecule has 1 heterocycles. The zero-order valence-electron chi connectivity index (χ0n) is 11.4. The summed E-state index contributed by atoms with van der Waals surface area (Å²) in [5.41, 5.74) is -0.00952. The van der Waals surface area contributed by atoms with Gasteiger partial charge in [0, 0.05) is 29.5 Å². The lowest BCUT2D eigenvalue weighted by Crippen LogP contribution is -2.37. The smallest absolute Gasteiger partial charge is 0.0496 e. The fourth-order valence-corrected chi connectivity index (χ4v) is 2.76. The second-order valence-corrected chi connectivity index (χ2v) is 6.42. The molecule has 0 amide bonds. The van der Waals surface area contributed by atoms with Crippen LogP contribution in [-0.4, -0.2) is 18.3 Å². The molecule has 2 nitrogen and oxygen atoms in total. The molecule has 0 aliphatic carbocycles. The third-order valence-electron chi connectivity index (χ3n) is 3.50. The van der Waals surface area contributed by atoms with Crippen LogP contribution in [-0.2, 0) is 0 Å². The van der Waals surface area contributed by atoms with Crippen LogP contribution in [0.2, 0.25) is 0 Å². The van der Waals surface area contributed by atoms with Crippen LogP contribution in [0.1, 0.15) is 45.0 Å². The summed E-state index contributed by atoms with van der Waals surface area (Å²) in [6, 6.07) is 4.68. The lowest BCUT2D eigenvalue weighted by molar-refractivity contribution is 0.129. The highest BCUT2D eigenvalue weighted by Crippen LogP contribution is 2.27. The maximum atomic E-state index is 9.43. The van der Waals surface area contributed by atoms with Gasteiger partial charge < -0.3 is 10.4 Å². The monoisotopic (exact) mass is 255 g/mol. The topological polar surface area (TPSA) is 32.3 Å². The highest BCUT2D eigenvalue weighted by molar-refractivity contribution is 7.10. The number of rotatable bonds is 7. The first-order valence-electron chi connectivity index (χ1n) is 6.40. The molecule has 98 valence electrons. The molecule has 0 fully saturated rings. The van der Waals surface area contributed by atoms with E-state index < -0.39 is 0 Å². The Balaban J connectivity index is 2.63. The molecule has 17 heavy (non-hydrogen) atoms. The quantitative estimate of drug-likeness (QED) is 0.782. The summed E-state index contributed by atoms with van der Waals surface area (Å²) in [5, 5.41) is 15.2. The molecule has 0 bridgehead atoms. The van der Waals surface area contributed by atoms with E-state index in [9.17, 15) is 5.11 Å². The molecule has 2 atom stereocenters. The number of thiophene rings is 1. The van der Waals surface area contributed by atoms with Crippen molar-refractivity contribution in [3.8, 4) is 0 Å². The van der Waals surface area contributed by atoms with E-state index in [1.807, 2.05) is 0 Å². The van der Waals surface area contributed by atoms with Gasteiger partial charge in [-0.1, -0.05) is 33.8 Å². The Morgan fingerprint density at radius 1 is 1.47 bits per heavy atom. The normalized spacial score (nSPS) is 17.1. The maximum absolute atomic E-state index is 9.43. The van der Waals surface area contributed by atoms with Crippen LogP contribution in [0.15, 0.2) is 17.5 Å². The van der Waals surface area contributed by atoms with Crippen LogP contribution < -0.4 is 5.32 Å². The van der Waals surface area contributed by atoms with E-state index in [0.717, 1.165) is 13.0 Å². The van der Waals surface area contributed by atoms with E-state index in [-0.39, 0.29) is 12.0 Å². The molecule has 0 spiro atoms. The van der Waals surface area contributed by atoms with E-state index in [1.54, 1.807) is 11.3 Å². The molecule has 0 aliphatic rings. The Bertz CT molecular complexity index is 304. The Labute approximate surface area is 109 Å². The highest BCUT2D eigenvalue weighted by Gasteiger charge is 2.24. The largest absolute Gasteiger partial charge is 0.396 e. The lowest BCUT2D eigenvalue weighted by Gasteiger charge is -2.30. The Morgan fingerprint density at radius 3 is 2.59 bits per heavy atom. The number of aliphatic hydroxyl groups excluding tert-OH is 1. The zero-order chi connectivity index (χ0) is 12.9. The molecule has 3 heteroatoms. The molecule has 2 unspecified atom stereocenters. The van der Waals surface area contributed by atoms with Crippen molar-refractivity contribution in [2.75, 3.05) is 13.2 Å². The van der Waals surface area contributed by atoms with Gasteiger partial charge in [0.1, 0.15) is 0 Å². The average molecular weight is 255 g/mol. The van der Waals surface area contributed by atoms with Gasteiger partial charge in [0.2, 0.25) is 0 Å². The minimum atomic E-state index is -0.00952. The van der Waals surface area contributed by atoms with Crippen LogP contribution >= 0.6 is 11.3 Å². The highest BCUT2D eigenvalue weighted by atomic mass is 32.1. The minimum absolute atomic E-state index is 0.00952. The van der Waals surface area contributed by atoms with Crippen LogP contribution in [0, 0.1) is 11.3 Å². The van der Waals surface area contributed by atoms with Crippen LogP contribution in [0.25, 0.3) is 0 Å².